The van der Waals surface area contributed by atoms with Crippen molar-refractivity contribution in [2.24, 2.45) is 0 Å². The van der Waals surface area contributed by atoms with Crippen LogP contribution >= 0.6 is 0 Å². The zero-order valence-electron chi connectivity index (χ0n) is 13.8. The predicted molar refractivity (Wildman–Crippen MR) is 93.4 cm³/mol. The Balaban J connectivity index is 1.86. The minimum absolute atomic E-state index is 0.125. The van der Waals surface area contributed by atoms with Crippen molar-refractivity contribution in [1.29, 1.82) is 0 Å². The molecular formula is C20H21NO2. The van der Waals surface area contributed by atoms with Crippen LogP contribution in [0, 0.1) is 13.8 Å². The molecule has 0 aliphatic heterocycles. The monoisotopic (exact) mass is 307 g/mol. The van der Waals surface area contributed by atoms with E-state index in [9.17, 15) is 4.79 Å². The number of nitrogens with zero attached hydrogens (tertiary/aromatic N) is 1. The molecule has 0 saturated heterocycles. The molecule has 23 heavy (non-hydrogen) atoms. The number of carbonyl (C=O) groups excluding carboxylic acids is 1. The van der Waals surface area contributed by atoms with Crippen LogP contribution in [0.1, 0.15) is 28.4 Å². The smallest absolute Gasteiger partial charge is 0.182 e. The lowest BCUT2D eigenvalue weighted by Gasteiger charge is -2.08. The summed E-state index contributed by atoms with van der Waals surface area (Å²) in [5.74, 6) is 0.984. The highest BCUT2D eigenvalue weighted by atomic mass is 16.5. The van der Waals surface area contributed by atoms with Crippen LogP contribution in [0.25, 0.3) is 10.9 Å². The number of ether oxygens (including phenoxy) is 1. The van der Waals surface area contributed by atoms with Gasteiger partial charge in [0.05, 0.1) is 13.2 Å². The number of fused-ring (bicyclic) bond motifs is 1. The highest BCUT2D eigenvalue weighted by Gasteiger charge is 2.10. The fourth-order valence-corrected chi connectivity index (χ4v) is 2.73. The van der Waals surface area contributed by atoms with Crippen molar-refractivity contribution in [3.63, 3.8) is 0 Å². The molecule has 0 atom stereocenters. The molecule has 3 heteroatoms. The molecular weight excluding hydrogens is 286 g/mol. The Bertz CT molecular complexity index is 861. The molecule has 118 valence electrons. The van der Waals surface area contributed by atoms with Crippen LogP contribution in [0.4, 0.5) is 0 Å². The molecule has 3 rings (SSSR count). The second-order valence-electron chi connectivity index (χ2n) is 5.82. The third-order valence-electron chi connectivity index (χ3n) is 4.20. The lowest BCUT2D eigenvalue weighted by molar-refractivity contribution is 0.0973. The number of hydrogen-bond acceptors (Lipinski definition) is 2. The van der Waals surface area contributed by atoms with Gasteiger partial charge >= 0.3 is 0 Å². The average Bonchev–Trinajstić information content (AvgIpc) is 2.92. The molecule has 0 aliphatic carbocycles. The molecule has 3 nitrogen and oxygen atoms in total. The van der Waals surface area contributed by atoms with Gasteiger partial charge in [-0.25, -0.2) is 0 Å². The summed E-state index contributed by atoms with van der Waals surface area (Å²) in [6.45, 7) is 7.06. The molecule has 0 saturated carbocycles. The largest absolute Gasteiger partial charge is 0.494 e. The van der Waals surface area contributed by atoms with E-state index in [1.54, 1.807) is 0 Å². The molecule has 0 unspecified atom stereocenters. The van der Waals surface area contributed by atoms with Gasteiger partial charge in [-0.2, -0.15) is 0 Å². The van der Waals surface area contributed by atoms with Crippen LogP contribution in [0.2, 0.25) is 0 Å². The average molecular weight is 307 g/mol. The summed E-state index contributed by atoms with van der Waals surface area (Å²) in [6.07, 6.45) is 1.96. The van der Waals surface area contributed by atoms with E-state index in [2.05, 4.69) is 6.92 Å². The van der Waals surface area contributed by atoms with Crippen molar-refractivity contribution < 1.29 is 9.53 Å². The van der Waals surface area contributed by atoms with E-state index in [1.807, 2.05) is 67.1 Å². The summed E-state index contributed by atoms with van der Waals surface area (Å²) >= 11 is 0. The zero-order valence-corrected chi connectivity index (χ0v) is 13.8. The normalized spacial score (nSPS) is 10.9. The maximum atomic E-state index is 12.5. The quantitative estimate of drug-likeness (QED) is 0.648. The first kappa shape index (κ1) is 15.3. The van der Waals surface area contributed by atoms with Gasteiger partial charge in [0.2, 0.25) is 0 Å². The van der Waals surface area contributed by atoms with E-state index in [0.29, 0.717) is 13.2 Å². The maximum Gasteiger partial charge on any atom is 0.182 e. The van der Waals surface area contributed by atoms with E-state index in [-0.39, 0.29) is 5.78 Å². The van der Waals surface area contributed by atoms with E-state index in [1.165, 1.54) is 5.56 Å². The van der Waals surface area contributed by atoms with E-state index < -0.39 is 0 Å². The SMILES string of the molecule is CCOc1ccc2c(ccn2CC(=O)c2ccc(C)c(C)c2)c1. The van der Waals surface area contributed by atoms with E-state index in [4.69, 9.17) is 4.74 Å². The second kappa shape index (κ2) is 6.29. The summed E-state index contributed by atoms with van der Waals surface area (Å²) in [7, 11) is 0. The molecule has 0 spiro atoms. The van der Waals surface area contributed by atoms with Crippen LogP contribution in [-0.2, 0) is 6.54 Å². The minimum atomic E-state index is 0.125. The van der Waals surface area contributed by atoms with Crippen molar-refractivity contribution in [3.8, 4) is 5.75 Å². The summed E-state index contributed by atoms with van der Waals surface area (Å²) in [6, 6.07) is 13.9. The first-order chi connectivity index (χ1) is 11.1. The van der Waals surface area contributed by atoms with Crippen LogP contribution in [-0.4, -0.2) is 17.0 Å². The third-order valence-corrected chi connectivity index (χ3v) is 4.20. The van der Waals surface area contributed by atoms with Gasteiger partial charge in [-0.3, -0.25) is 4.79 Å². The van der Waals surface area contributed by atoms with Crippen molar-refractivity contribution in [2.45, 2.75) is 27.3 Å². The lowest BCUT2D eigenvalue weighted by atomic mass is 10.0. The van der Waals surface area contributed by atoms with Gasteiger partial charge in [0, 0.05) is 22.7 Å². The van der Waals surface area contributed by atoms with Gasteiger partial charge in [-0.1, -0.05) is 12.1 Å². The number of aromatic nitrogens is 1. The van der Waals surface area contributed by atoms with Crippen molar-refractivity contribution in [3.05, 3.63) is 65.4 Å². The van der Waals surface area contributed by atoms with Gasteiger partial charge < -0.3 is 9.30 Å². The van der Waals surface area contributed by atoms with E-state index in [0.717, 1.165) is 27.8 Å². The lowest BCUT2D eigenvalue weighted by Crippen LogP contribution is -2.09. The van der Waals surface area contributed by atoms with Gasteiger partial charge in [-0.15, -0.1) is 0 Å². The number of hydrogen-bond donors (Lipinski definition) is 0. The van der Waals surface area contributed by atoms with Gasteiger partial charge in [0.1, 0.15) is 5.75 Å². The highest BCUT2D eigenvalue weighted by Crippen LogP contribution is 2.22. The number of Topliss-reactive ketones (excluding diaryl/α,β-unsaturated/α-hetero) is 1. The molecule has 0 radical (unpaired) electrons. The van der Waals surface area contributed by atoms with E-state index >= 15 is 0 Å². The summed E-state index contributed by atoms with van der Waals surface area (Å²) < 4.78 is 7.51. The number of benzene rings is 2. The number of ketones is 1. The first-order valence-corrected chi connectivity index (χ1v) is 7.90. The minimum Gasteiger partial charge on any atom is -0.494 e. The highest BCUT2D eigenvalue weighted by molar-refractivity contribution is 5.97. The Kier molecular flexibility index (Phi) is 4.20. The Hall–Kier alpha value is -2.55. The zero-order chi connectivity index (χ0) is 16.4. The molecule has 2 aromatic carbocycles. The first-order valence-electron chi connectivity index (χ1n) is 7.90. The van der Waals surface area contributed by atoms with Crippen molar-refractivity contribution in [1.82, 2.24) is 4.57 Å². The Labute approximate surface area is 136 Å². The molecule has 0 bridgehead atoms. The Morgan fingerprint density at radius 3 is 2.61 bits per heavy atom. The topological polar surface area (TPSA) is 31.2 Å². The fraction of sp³-hybridized carbons (Fsp3) is 0.250. The molecule has 1 heterocycles. The fourth-order valence-electron chi connectivity index (χ4n) is 2.73. The van der Waals surface area contributed by atoms with Crippen molar-refractivity contribution in [2.75, 3.05) is 6.61 Å². The summed E-state index contributed by atoms with van der Waals surface area (Å²) in [5, 5.41) is 1.09. The van der Waals surface area contributed by atoms with Gasteiger partial charge in [-0.05, 0) is 62.2 Å². The third kappa shape index (κ3) is 3.14. The van der Waals surface area contributed by atoms with Crippen LogP contribution < -0.4 is 4.74 Å². The number of aryl methyl sites for hydroxylation is 2. The Morgan fingerprint density at radius 1 is 1.04 bits per heavy atom. The van der Waals surface area contributed by atoms with Gasteiger partial charge in [0.25, 0.3) is 0 Å². The molecule has 3 aromatic rings. The molecule has 0 amide bonds. The Morgan fingerprint density at radius 2 is 1.87 bits per heavy atom. The van der Waals surface area contributed by atoms with Crippen molar-refractivity contribution >= 4 is 16.7 Å². The number of rotatable bonds is 5. The van der Waals surface area contributed by atoms with Crippen LogP contribution in [0.5, 0.6) is 5.75 Å². The summed E-state index contributed by atoms with van der Waals surface area (Å²) in [5.41, 5.74) is 4.16. The molecule has 0 fully saturated rings. The molecule has 0 N–H and O–H groups in total. The standard InChI is InChI=1S/C20H21NO2/c1-4-23-18-7-8-19-16(12-18)9-10-21(19)13-20(22)17-6-5-14(2)15(3)11-17/h5-12H,4,13H2,1-3H3. The maximum absolute atomic E-state index is 12.5. The number of carbonyl (C=O) groups is 1. The second-order valence-corrected chi connectivity index (χ2v) is 5.82. The van der Waals surface area contributed by atoms with Crippen LogP contribution in [0.3, 0.4) is 0 Å². The molecule has 1 aromatic heterocycles. The van der Waals surface area contributed by atoms with Gasteiger partial charge in [0.15, 0.2) is 5.78 Å². The summed E-state index contributed by atoms with van der Waals surface area (Å²) in [4.78, 5) is 12.5. The predicted octanol–water partition coefficient (Wildman–Crippen LogP) is 4.54. The van der Waals surface area contributed by atoms with Crippen LogP contribution in [0.15, 0.2) is 48.7 Å². The molecule has 0 aliphatic rings.